The van der Waals surface area contributed by atoms with Gasteiger partial charge in [-0.3, -0.25) is 4.79 Å². The summed E-state index contributed by atoms with van der Waals surface area (Å²) < 4.78 is 1.83. The first-order valence-corrected chi connectivity index (χ1v) is 8.99. The Morgan fingerprint density at radius 1 is 1.29 bits per heavy atom. The summed E-state index contributed by atoms with van der Waals surface area (Å²) in [6.07, 6.45) is 3.63. The average Bonchev–Trinajstić information content (AvgIpc) is 2.97. The summed E-state index contributed by atoms with van der Waals surface area (Å²) in [6, 6.07) is 7.56. The maximum Gasteiger partial charge on any atom is 0.257 e. The summed E-state index contributed by atoms with van der Waals surface area (Å²) in [5.41, 5.74) is 2.53. The molecule has 5 heteroatoms. The highest BCUT2D eigenvalue weighted by atomic mass is 35.5. The minimum Gasteiger partial charge on any atom is -0.338 e. The number of piperidine rings is 1. The molecule has 0 saturated carbocycles. The number of hydrogen-bond acceptors (Lipinski definition) is 2. The van der Waals surface area contributed by atoms with Crippen LogP contribution in [-0.4, -0.2) is 33.7 Å². The van der Waals surface area contributed by atoms with Crippen LogP contribution in [-0.2, 0) is 6.42 Å². The van der Waals surface area contributed by atoms with Crippen LogP contribution in [0.4, 0.5) is 0 Å². The lowest BCUT2D eigenvalue weighted by Gasteiger charge is -2.35. The Morgan fingerprint density at radius 3 is 2.62 bits per heavy atom. The van der Waals surface area contributed by atoms with Crippen LogP contribution in [0.2, 0.25) is 5.02 Å². The summed E-state index contributed by atoms with van der Waals surface area (Å²) in [6.45, 7) is 8.14. The molecular weight excluding hydrogens is 322 g/mol. The molecule has 3 rings (SSSR count). The summed E-state index contributed by atoms with van der Waals surface area (Å²) in [5, 5.41) is 5.13. The zero-order valence-corrected chi connectivity index (χ0v) is 15.3. The van der Waals surface area contributed by atoms with E-state index in [-0.39, 0.29) is 5.91 Å². The lowest BCUT2D eigenvalue weighted by Crippen LogP contribution is -2.42. The van der Waals surface area contributed by atoms with Crippen molar-refractivity contribution in [1.82, 2.24) is 14.7 Å². The molecule has 0 bridgehead atoms. The number of carbonyl (C=O) groups excluding carboxylic acids is 1. The van der Waals surface area contributed by atoms with Gasteiger partial charge in [-0.15, -0.1) is 0 Å². The predicted octanol–water partition coefficient (Wildman–Crippen LogP) is 4.21. The minimum atomic E-state index is 0.0959. The molecular formula is C19H24ClN3O. The van der Waals surface area contributed by atoms with Gasteiger partial charge in [-0.2, -0.15) is 5.10 Å². The Labute approximate surface area is 148 Å². The minimum absolute atomic E-state index is 0.0959. The molecule has 1 saturated heterocycles. The van der Waals surface area contributed by atoms with Crippen LogP contribution in [0.1, 0.15) is 43.2 Å². The molecule has 1 aromatic heterocycles. The second kappa shape index (κ2) is 6.98. The first-order chi connectivity index (χ1) is 11.5. The third kappa shape index (κ3) is 3.34. The molecule has 0 spiro atoms. The monoisotopic (exact) mass is 345 g/mol. The zero-order chi connectivity index (χ0) is 17.3. The van der Waals surface area contributed by atoms with E-state index in [1.807, 2.05) is 33.8 Å². The number of nitrogens with zero attached hydrogens (tertiary/aromatic N) is 3. The van der Waals surface area contributed by atoms with Crippen LogP contribution in [0.3, 0.4) is 0 Å². The van der Waals surface area contributed by atoms with Crippen molar-refractivity contribution in [3.05, 3.63) is 46.7 Å². The number of likely N-dealkylation sites (tertiary alicyclic amines) is 1. The topological polar surface area (TPSA) is 38.1 Å². The fourth-order valence-corrected chi connectivity index (χ4v) is 3.91. The van der Waals surface area contributed by atoms with Gasteiger partial charge in [-0.25, -0.2) is 4.68 Å². The molecule has 2 unspecified atom stereocenters. The maximum absolute atomic E-state index is 13.0. The van der Waals surface area contributed by atoms with Gasteiger partial charge in [0.25, 0.3) is 5.91 Å². The van der Waals surface area contributed by atoms with Gasteiger partial charge in [-0.1, -0.05) is 38.4 Å². The van der Waals surface area contributed by atoms with E-state index in [9.17, 15) is 4.79 Å². The van der Waals surface area contributed by atoms with E-state index in [1.165, 1.54) is 6.42 Å². The molecule has 0 N–H and O–H groups in total. The number of hydrogen-bond donors (Lipinski definition) is 0. The van der Waals surface area contributed by atoms with Gasteiger partial charge in [0.1, 0.15) is 0 Å². The molecule has 2 aromatic rings. The van der Waals surface area contributed by atoms with Gasteiger partial charge in [0, 0.05) is 18.1 Å². The Bertz CT molecular complexity index is 730. The Morgan fingerprint density at radius 2 is 2.00 bits per heavy atom. The largest absolute Gasteiger partial charge is 0.338 e. The lowest BCUT2D eigenvalue weighted by molar-refractivity contribution is 0.0622. The normalized spacial score (nSPS) is 21.1. The third-order valence-electron chi connectivity index (χ3n) is 4.64. The van der Waals surface area contributed by atoms with E-state index in [4.69, 9.17) is 11.6 Å². The van der Waals surface area contributed by atoms with Crippen LogP contribution >= 0.6 is 11.6 Å². The van der Waals surface area contributed by atoms with Gasteiger partial charge >= 0.3 is 0 Å². The average molecular weight is 346 g/mol. The first-order valence-electron chi connectivity index (χ1n) is 8.61. The van der Waals surface area contributed by atoms with E-state index in [0.29, 0.717) is 22.4 Å². The van der Waals surface area contributed by atoms with E-state index in [1.54, 1.807) is 6.20 Å². The molecule has 1 fully saturated rings. The summed E-state index contributed by atoms with van der Waals surface area (Å²) in [7, 11) is 0. The quantitative estimate of drug-likeness (QED) is 0.835. The highest BCUT2D eigenvalue weighted by molar-refractivity contribution is 6.30. The molecule has 2 atom stereocenters. The molecule has 0 radical (unpaired) electrons. The number of aromatic nitrogens is 2. The number of benzene rings is 1. The van der Waals surface area contributed by atoms with Gasteiger partial charge in [-0.05, 0) is 42.9 Å². The number of amides is 1. The van der Waals surface area contributed by atoms with Crippen molar-refractivity contribution in [3.63, 3.8) is 0 Å². The standard InChI is InChI=1S/C19H24ClN3O/c1-4-18-17(19(24)22-11-13(2)8-14(3)12-22)10-21-23(18)16-7-5-6-15(20)9-16/h5-7,9-10,13-14H,4,8,11-12H2,1-3H3. The molecule has 1 aromatic carbocycles. The molecule has 0 aliphatic carbocycles. The van der Waals surface area contributed by atoms with Crippen molar-refractivity contribution in [3.8, 4) is 5.69 Å². The van der Waals surface area contributed by atoms with E-state index < -0.39 is 0 Å². The van der Waals surface area contributed by atoms with Crippen molar-refractivity contribution < 1.29 is 4.79 Å². The van der Waals surface area contributed by atoms with Gasteiger partial charge in [0.2, 0.25) is 0 Å². The van der Waals surface area contributed by atoms with Crippen LogP contribution in [0.5, 0.6) is 0 Å². The number of carbonyl (C=O) groups is 1. The molecule has 24 heavy (non-hydrogen) atoms. The summed E-state index contributed by atoms with van der Waals surface area (Å²) >= 11 is 6.10. The van der Waals surface area contributed by atoms with E-state index in [2.05, 4.69) is 25.9 Å². The van der Waals surface area contributed by atoms with Crippen molar-refractivity contribution in [2.75, 3.05) is 13.1 Å². The van der Waals surface area contributed by atoms with E-state index in [0.717, 1.165) is 30.9 Å². The fourth-order valence-electron chi connectivity index (χ4n) is 3.72. The van der Waals surface area contributed by atoms with Gasteiger partial charge in [0.05, 0.1) is 23.1 Å². The Balaban J connectivity index is 1.93. The number of halogens is 1. The lowest BCUT2D eigenvalue weighted by atomic mass is 9.91. The second-order valence-corrected chi connectivity index (χ2v) is 7.34. The summed E-state index contributed by atoms with van der Waals surface area (Å²) in [5.74, 6) is 1.19. The van der Waals surface area contributed by atoms with Crippen molar-refractivity contribution >= 4 is 17.5 Å². The Hall–Kier alpha value is -1.81. The maximum atomic E-state index is 13.0. The smallest absolute Gasteiger partial charge is 0.257 e. The highest BCUT2D eigenvalue weighted by Gasteiger charge is 2.28. The van der Waals surface area contributed by atoms with Crippen LogP contribution in [0, 0.1) is 11.8 Å². The SMILES string of the molecule is CCc1c(C(=O)N2CC(C)CC(C)C2)cnn1-c1cccc(Cl)c1. The van der Waals surface area contributed by atoms with Gasteiger partial charge < -0.3 is 4.90 Å². The van der Waals surface area contributed by atoms with Crippen molar-refractivity contribution in [2.24, 2.45) is 11.8 Å². The molecule has 2 heterocycles. The first kappa shape index (κ1) is 17.0. The Kier molecular flexibility index (Phi) is 4.95. The van der Waals surface area contributed by atoms with Crippen molar-refractivity contribution in [2.45, 2.75) is 33.6 Å². The van der Waals surface area contributed by atoms with Crippen molar-refractivity contribution in [1.29, 1.82) is 0 Å². The summed E-state index contributed by atoms with van der Waals surface area (Å²) in [4.78, 5) is 15.0. The molecule has 128 valence electrons. The van der Waals surface area contributed by atoms with Crippen LogP contribution in [0.25, 0.3) is 5.69 Å². The van der Waals surface area contributed by atoms with Crippen LogP contribution < -0.4 is 0 Å². The van der Waals surface area contributed by atoms with Crippen LogP contribution in [0.15, 0.2) is 30.5 Å². The highest BCUT2D eigenvalue weighted by Crippen LogP contribution is 2.25. The molecule has 4 nitrogen and oxygen atoms in total. The molecule has 1 amide bonds. The number of rotatable bonds is 3. The predicted molar refractivity (Wildman–Crippen MR) is 96.8 cm³/mol. The second-order valence-electron chi connectivity index (χ2n) is 6.91. The molecule has 1 aliphatic heterocycles. The van der Waals surface area contributed by atoms with Gasteiger partial charge in [0.15, 0.2) is 0 Å². The van der Waals surface area contributed by atoms with E-state index >= 15 is 0 Å². The fraction of sp³-hybridized carbons (Fsp3) is 0.474. The third-order valence-corrected chi connectivity index (χ3v) is 4.88. The zero-order valence-electron chi connectivity index (χ0n) is 14.5. The molecule has 1 aliphatic rings.